The molecule has 4 nitrogen and oxygen atoms in total. The zero-order chi connectivity index (χ0) is 26.5. The fraction of sp³-hybridized carbons (Fsp3) is 1.00. The Morgan fingerprint density at radius 1 is 0.394 bits per heavy atom. The molecule has 0 unspecified atom stereocenters. The normalized spacial score (nSPS) is 14.9. The first kappa shape index (κ1) is 33.1. The molecule has 0 amide bonds. The topological polar surface area (TPSA) is 36.9 Å². The predicted molar refractivity (Wildman–Crippen MR) is 144 cm³/mol. The molecule has 0 saturated carbocycles. The van der Waals surface area contributed by atoms with Crippen molar-refractivity contribution >= 4 is 9.05 Å². The Morgan fingerprint density at radius 3 is 0.667 bits per heavy atom. The number of hydrogen-bond acceptors (Lipinski definition) is 4. The van der Waals surface area contributed by atoms with Gasteiger partial charge in [0.25, 0.3) is 0 Å². The molecule has 200 valence electrons. The van der Waals surface area contributed by atoms with Crippen molar-refractivity contribution in [1.29, 1.82) is 0 Å². The van der Waals surface area contributed by atoms with Crippen molar-refractivity contribution in [3.05, 3.63) is 0 Å². The van der Waals surface area contributed by atoms with Crippen LogP contribution >= 0.6 is 0 Å². The molecule has 0 bridgehead atoms. The lowest BCUT2D eigenvalue weighted by Gasteiger charge is -2.40. The van der Waals surface area contributed by atoms with E-state index in [4.69, 9.17) is 17.7 Å². The molecule has 5 heteroatoms. The molecule has 0 fully saturated rings. The molecule has 0 aliphatic carbocycles. The van der Waals surface area contributed by atoms with Gasteiger partial charge in [0.15, 0.2) is 0 Å². The van der Waals surface area contributed by atoms with Crippen LogP contribution in [0.1, 0.15) is 111 Å². The van der Waals surface area contributed by atoms with E-state index in [0.717, 1.165) is 0 Å². The van der Waals surface area contributed by atoms with Crippen LogP contribution in [0.25, 0.3) is 0 Å². The first-order valence-electron chi connectivity index (χ1n) is 13.2. The number of hydrogen-bond donors (Lipinski definition) is 0. The molecule has 0 spiro atoms. The van der Waals surface area contributed by atoms with E-state index in [1.165, 1.54) is 0 Å². The van der Waals surface area contributed by atoms with Crippen molar-refractivity contribution in [1.82, 2.24) is 0 Å². The highest BCUT2D eigenvalue weighted by Crippen LogP contribution is 2.35. The Morgan fingerprint density at radius 2 is 0.545 bits per heavy atom. The molecular weight excluding hydrogens is 428 g/mol. The van der Waals surface area contributed by atoms with Gasteiger partial charge in [0, 0.05) is 26.4 Å². The third-order valence-corrected chi connectivity index (χ3v) is 10.7. The summed E-state index contributed by atoms with van der Waals surface area (Å²) in [5.74, 6) is 1.87. The fourth-order valence-corrected chi connectivity index (χ4v) is 4.71. The van der Waals surface area contributed by atoms with Gasteiger partial charge in [-0.15, -0.1) is 0 Å². The first-order chi connectivity index (χ1) is 14.6. The maximum atomic E-state index is 6.65. The Balaban J connectivity index is 6.11. The van der Waals surface area contributed by atoms with Gasteiger partial charge in [-0.25, -0.2) is 0 Å². The molecule has 0 aromatic heterocycles. The van der Waals surface area contributed by atoms with E-state index in [0.29, 0.717) is 50.1 Å². The lowest BCUT2D eigenvalue weighted by Crippen LogP contribution is -2.55. The summed E-state index contributed by atoms with van der Waals surface area (Å²) < 4.78 is 26.6. The monoisotopic (exact) mass is 488 g/mol. The van der Waals surface area contributed by atoms with Crippen LogP contribution < -0.4 is 0 Å². The van der Waals surface area contributed by atoms with Crippen molar-refractivity contribution < 1.29 is 17.7 Å². The van der Waals surface area contributed by atoms with Gasteiger partial charge in [0.1, 0.15) is 0 Å². The Labute approximate surface area is 209 Å². The van der Waals surface area contributed by atoms with Crippen molar-refractivity contribution in [2.75, 3.05) is 26.4 Å². The highest BCUT2D eigenvalue weighted by atomic mass is 28.4. The minimum atomic E-state index is -3.42. The molecule has 0 saturated heterocycles. The summed E-state index contributed by atoms with van der Waals surface area (Å²) in [5.41, 5.74) is -0.0435. The fourth-order valence-electron chi connectivity index (χ4n) is 2.01. The highest BCUT2D eigenvalue weighted by Gasteiger charge is 2.51. The van der Waals surface area contributed by atoms with Crippen molar-refractivity contribution in [3.63, 3.8) is 0 Å². The van der Waals surface area contributed by atoms with Crippen LogP contribution in [0.3, 0.4) is 0 Å². The standard InChI is InChI=1S/C28H60O4Si/c1-21(2)25(9,10)17-29-33(30-18-26(11,12)22(3)4,31-19-27(13,14)23(5)6)32-20-28(15,16)24(7)8/h21-24H,17-20H2,1-16H3. The summed E-state index contributed by atoms with van der Waals surface area (Å²) in [5, 5.41) is 0. The molecule has 0 N–H and O–H groups in total. The van der Waals surface area contributed by atoms with Gasteiger partial charge in [0.2, 0.25) is 0 Å². The first-order valence-corrected chi connectivity index (χ1v) is 14.8. The SMILES string of the molecule is CC(C)C(C)(C)CO[Si](OCC(C)(C)C(C)C)(OCC(C)(C)C(C)C)OCC(C)(C)C(C)C. The Bertz CT molecular complexity index is 461. The van der Waals surface area contributed by atoms with Gasteiger partial charge in [-0.05, 0) is 45.3 Å². The Hall–Kier alpha value is 0.0569. The molecule has 0 radical (unpaired) electrons. The van der Waals surface area contributed by atoms with Crippen molar-refractivity contribution in [3.8, 4) is 0 Å². The Kier molecular flexibility index (Phi) is 12.4. The molecule has 0 aromatic rings. The van der Waals surface area contributed by atoms with Gasteiger partial charge in [-0.1, -0.05) is 111 Å². The third-order valence-electron chi connectivity index (χ3n) is 8.74. The predicted octanol–water partition coefficient (Wildman–Crippen LogP) is 8.22. The summed E-state index contributed by atoms with van der Waals surface area (Å²) >= 11 is 0. The second-order valence-corrected chi connectivity index (χ2v) is 16.4. The molecule has 0 rings (SSSR count). The molecule has 0 aliphatic rings. The third kappa shape index (κ3) is 10.7. The van der Waals surface area contributed by atoms with Crippen molar-refractivity contribution in [2.45, 2.75) is 111 Å². The highest BCUT2D eigenvalue weighted by molar-refractivity contribution is 6.53. The largest absolute Gasteiger partial charge is 0.679 e. The van der Waals surface area contributed by atoms with Crippen LogP contribution in [0.15, 0.2) is 0 Å². The average molecular weight is 489 g/mol. The van der Waals surface area contributed by atoms with Crippen molar-refractivity contribution in [2.24, 2.45) is 45.3 Å². The maximum absolute atomic E-state index is 6.65. The summed E-state index contributed by atoms with van der Waals surface area (Å²) in [4.78, 5) is 0. The van der Waals surface area contributed by atoms with Gasteiger partial charge >= 0.3 is 9.05 Å². The summed E-state index contributed by atoms with van der Waals surface area (Å²) in [6.45, 7) is 38.0. The minimum absolute atomic E-state index is 0.0109. The molecule has 0 atom stereocenters. The molecule has 0 heterocycles. The quantitative estimate of drug-likeness (QED) is 0.205. The van der Waals surface area contributed by atoms with Crippen LogP contribution in [-0.2, 0) is 17.7 Å². The smallest absolute Gasteiger partial charge is 0.351 e. The maximum Gasteiger partial charge on any atom is 0.679 e. The molecule has 0 aliphatic heterocycles. The van der Waals surface area contributed by atoms with E-state index in [1.807, 2.05) is 0 Å². The van der Waals surface area contributed by atoms with E-state index < -0.39 is 9.05 Å². The van der Waals surface area contributed by atoms with Crippen LogP contribution in [0.5, 0.6) is 0 Å². The van der Waals surface area contributed by atoms with E-state index in [1.54, 1.807) is 0 Å². The lowest BCUT2D eigenvalue weighted by atomic mass is 9.82. The molecule has 33 heavy (non-hydrogen) atoms. The molecule has 0 aromatic carbocycles. The minimum Gasteiger partial charge on any atom is -0.351 e. The number of rotatable bonds is 16. The van der Waals surface area contributed by atoms with Crippen LogP contribution in [0, 0.1) is 45.3 Å². The molecular formula is C28H60O4Si. The zero-order valence-corrected chi connectivity index (χ0v) is 26.3. The summed E-state index contributed by atoms with van der Waals surface area (Å²) in [6.07, 6.45) is 0. The van der Waals surface area contributed by atoms with E-state index >= 15 is 0 Å². The van der Waals surface area contributed by atoms with E-state index in [9.17, 15) is 0 Å². The van der Waals surface area contributed by atoms with Crippen LogP contribution in [-0.4, -0.2) is 35.5 Å². The van der Waals surface area contributed by atoms with Gasteiger partial charge in [0.05, 0.1) is 0 Å². The van der Waals surface area contributed by atoms with Crippen LogP contribution in [0.2, 0.25) is 0 Å². The zero-order valence-electron chi connectivity index (χ0n) is 25.3. The van der Waals surface area contributed by atoms with E-state index in [-0.39, 0.29) is 21.7 Å². The summed E-state index contributed by atoms with van der Waals surface area (Å²) in [6, 6.07) is 0. The average Bonchev–Trinajstić information content (AvgIpc) is 2.66. The summed E-state index contributed by atoms with van der Waals surface area (Å²) in [7, 11) is -3.42. The second kappa shape index (κ2) is 12.3. The van der Waals surface area contributed by atoms with Gasteiger partial charge in [-0.2, -0.15) is 0 Å². The van der Waals surface area contributed by atoms with Gasteiger partial charge in [-0.3, -0.25) is 0 Å². The second-order valence-electron chi connectivity index (χ2n) is 14.2. The van der Waals surface area contributed by atoms with E-state index in [2.05, 4.69) is 111 Å². The van der Waals surface area contributed by atoms with Crippen LogP contribution in [0.4, 0.5) is 0 Å². The lowest BCUT2D eigenvalue weighted by molar-refractivity contribution is -0.0949. The van der Waals surface area contributed by atoms with Gasteiger partial charge < -0.3 is 17.7 Å².